The van der Waals surface area contributed by atoms with E-state index < -0.39 is 0 Å². The van der Waals surface area contributed by atoms with E-state index in [2.05, 4.69) is 5.32 Å². The lowest BCUT2D eigenvalue weighted by atomic mass is 9.93. The van der Waals surface area contributed by atoms with Crippen LogP contribution in [0.4, 0.5) is 5.69 Å². The van der Waals surface area contributed by atoms with Crippen molar-refractivity contribution in [3.8, 4) is 5.75 Å². The second-order valence-corrected chi connectivity index (χ2v) is 3.87. The van der Waals surface area contributed by atoms with Gasteiger partial charge in [0.2, 0.25) is 0 Å². The number of nitrogens with one attached hydrogen (secondary N) is 1. The molecule has 0 atom stereocenters. The maximum absolute atomic E-state index is 11.7. The number of phenolic OH excluding ortho intramolecular Hbond substituents is 1. The average Bonchev–Trinajstić information content (AvgIpc) is 2.15. The summed E-state index contributed by atoms with van der Waals surface area (Å²) >= 11 is 0. The van der Waals surface area contributed by atoms with Gasteiger partial charge in [-0.3, -0.25) is 4.79 Å². The number of nitrogen functional groups attached to an aromatic ring is 1. The van der Waals surface area contributed by atoms with Crippen LogP contribution >= 0.6 is 0 Å². The molecule has 0 aromatic heterocycles. The quantitative estimate of drug-likeness (QED) is 0.503. The summed E-state index contributed by atoms with van der Waals surface area (Å²) in [6.45, 7) is 0. The SMILES string of the molecule is Nc1cc(C(=O)NC2CCC2)ccc1O. The van der Waals surface area contributed by atoms with Gasteiger partial charge in [0.1, 0.15) is 5.75 Å². The molecule has 1 aromatic carbocycles. The molecular weight excluding hydrogens is 192 g/mol. The number of carbonyl (C=O) groups is 1. The Bertz CT molecular complexity index is 386. The molecule has 0 unspecified atom stereocenters. The third kappa shape index (κ3) is 2.03. The van der Waals surface area contributed by atoms with Crippen LogP contribution in [0.3, 0.4) is 0 Å². The van der Waals surface area contributed by atoms with Gasteiger partial charge in [0.15, 0.2) is 0 Å². The van der Waals surface area contributed by atoms with E-state index in [1.54, 1.807) is 6.07 Å². The Balaban J connectivity index is 2.07. The van der Waals surface area contributed by atoms with Crippen LogP contribution in [-0.4, -0.2) is 17.1 Å². The zero-order valence-corrected chi connectivity index (χ0v) is 8.36. The number of phenols is 1. The molecule has 4 N–H and O–H groups in total. The minimum absolute atomic E-state index is 0.00944. The Morgan fingerprint density at radius 3 is 2.73 bits per heavy atom. The first kappa shape index (κ1) is 9.83. The van der Waals surface area contributed by atoms with Crippen LogP contribution in [0.5, 0.6) is 5.75 Å². The number of amides is 1. The molecule has 2 rings (SSSR count). The van der Waals surface area contributed by atoms with E-state index >= 15 is 0 Å². The lowest BCUT2D eigenvalue weighted by Gasteiger charge is -2.26. The largest absolute Gasteiger partial charge is 0.506 e. The number of hydrogen-bond acceptors (Lipinski definition) is 3. The predicted molar refractivity (Wildman–Crippen MR) is 57.6 cm³/mol. The van der Waals surface area contributed by atoms with E-state index in [1.807, 2.05) is 0 Å². The molecule has 1 saturated carbocycles. The molecule has 4 nitrogen and oxygen atoms in total. The van der Waals surface area contributed by atoms with Crippen LogP contribution < -0.4 is 11.1 Å². The smallest absolute Gasteiger partial charge is 0.251 e. The maximum Gasteiger partial charge on any atom is 0.251 e. The Morgan fingerprint density at radius 2 is 2.20 bits per heavy atom. The predicted octanol–water partition coefficient (Wildman–Crippen LogP) is 1.26. The fraction of sp³-hybridized carbons (Fsp3) is 0.364. The Morgan fingerprint density at radius 1 is 1.47 bits per heavy atom. The van der Waals surface area contributed by atoms with Gasteiger partial charge in [0, 0.05) is 11.6 Å². The van der Waals surface area contributed by atoms with Crippen molar-refractivity contribution in [3.05, 3.63) is 23.8 Å². The zero-order chi connectivity index (χ0) is 10.8. The fourth-order valence-corrected chi connectivity index (χ4v) is 1.52. The first-order chi connectivity index (χ1) is 7.16. The van der Waals surface area contributed by atoms with Gasteiger partial charge in [0.05, 0.1) is 5.69 Å². The summed E-state index contributed by atoms with van der Waals surface area (Å²) in [7, 11) is 0. The third-order valence-electron chi connectivity index (χ3n) is 2.73. The van der Waals surface area contributed by atoms with Gasteiger partial charge < -0.3 is 16.2 Å². The number of aromatic hydroxyl groups is 1. The average molecular weight is 206 g/mol. The van der Waals surface area contributed by atoms with Gasteiger partial charge in [-0.05, 0) is 37.5 Å². The summed E-state index contributed by atoms with van der Waals surface area (Å²) in [5.74, 6) is -0.110. The number of rotatable bonds is 2. The van der Waals surface area contributed by atoms with Crippen LogP contribution in [0, 0.1) is 0 Å². The second-order valence-electron chi connectivity index (χ2n) is 3.87. The molecule has 1 fully saturated rings. The monoisotopic (exact) mass is 206 g/mol. The summed E-state index contributed by atoms with van der Waals surface area (Å²) in [6, 6.07) is 4.81. The molecule has 1 aromatic rings. The number of benzene rings is 1. The van der Waals surface area contributed by atoms with Crippen LogP contribution in [0.1, 0.15) is 29.6 Å². The van der Waals surface area contributed by atoms with Gasteiger partial charge in [-0.2, -0.15) is 0 Å². The van der Waals surface area contributed by atoms with Crippen molar-refractivity contribution in [2.45, 2.75) is 25.3 Å². The van der Waals surface area contributed by atoms with E-state index in [9.17, 15) is 9.90 Å². The van der Waals surface area contributed by atoms with Gasteiger partial charge >= 0.3 is 0 Å². The highest BCUT2D eigenvalue weighted by atomic mass is 16.3. The van der Waals surface area contributed by atoms with Crippen molar-refractivity contribution < 1.29 is 9.90 Å². The number of carbonyl (C=O) groups excluding carboxylic acids is 1. The van der Waals surface area contributed by atoms with Crippen molar-refractivity contribution in [2.75, 3.05) is 5.73 Å². The summed E-state index contributed by atoms with van der Waals surface area (Å²) < 4.78 is 0. The molecule has 15 heavy (non-hydrogen) atoms. The highest BCUT2D eigenvalue weighted by Crippen LogP contribution is 2.22. The third-order valence-corrected chi connectivity index (χ3v) is 2.73. The van der Waals surface area contributed by atoms with Crippen molar-refractivity contribution in [1.82, 2.24) is 5.32 Å². The first-order valence-corrected chi connectivity index (χ1v) is 5.06. The molecule has 4 heteroatoms. The molecule has 1 aliphatic carbocycles. The lowest BCUT2D eigenvalue weighted by Crippen LogP contribution is -2.39. The summed E-state index contributed by atoms with van der Waals surface area (Å²) in [5.41, 5.74) is 6.24. The lowest BCUT2D eigenvalue weighted by molar-refractivity contribution is 0.0917. The maximum atomic E-state index is 11.7. The highest BCUT2D eigenvalue weighted by Gasteiger charge is 2.20. The summed E-state index contributed by atoms with van der Waals surface area (Å²) in [4.78, 5) is 11.7. The van der Waals surface area contributed by atoms with Crippen LogP contribution in [0.15, 0.2) is 18.2 Å². The molecule has 0 bridgehead atoms. The van der Waals surface area contributed by atoms with Crippen molar-refractivity contribution in [2.24, 2.45) is 0 Å². The normalized spacial score (nSPS) is 15.7. The van der Waals surface area contributed by atoms with Crippen molar-refractivity contribution in [1.29, 1.82) is 0 Å². The zero-order valence-electron chi connectivity index (χ0n) is 8.36. The molecule has 0 heterocycles. The van der Waals surface area contributed by atoms with Gasteiger partial charge in [-0.1, -0.05) is 0 Å². The number of nitrogens with two attached hydrogens (primary N) is 1. The molecular formula is C11H14N2O2. The van der Waals surface area contributed by atoms with E-state index in [1.165, 1.54) is 18.6 Å². The van der Waals surface area contributed by atoms with E-state index in [-0.39, 0.29) is 17.3 Å². The minimum Gasteiger partial charge on any atom is -0.506 e. The molecule has 0 saturated heterocycles. The van der Waals surface area contributed by atoms with Crippen LogP contribution in [-0.2, 0) is 0 Å². The number of anilines is 1. The highest BCUT2D eigenvalue weighted by molar-refractivity contribution is 5.95. The molecule has 0 radical (unpaired) electrons. The Labute approximate surface area is 88.1 Å². The van der Waals surface area contributed by atoms with Crippen molar-refractivity contribution >= 4 is 11.6 Å². The fourth-order valence-electron chi connectivity index (χ4n) is 1.52. The topological polar surface area (TPSA) is 75.4 Å². The standard InChI is InChI=1S/C11H14N2O2/c12-9-6-7(4-5-10(9)14)11(15)13-8-2-1-3-8/h4-6,8,14H,1-3,12H2,(H,13,15). The van der Waals surface area contributed by atoms with Crippen LogP contribution in [0.2, 0.25) is 0 Å². The van der Waals surface area contributed by atoms with E-state index in [4.69, 9.17) is 5.73 Å². The second kappa shape index (κ2) is 3.81. The molecule has 1 amide bonds. The van der Waals surface area contributed by atoms with Gasteiger partial charge in [0.25, 0.3) is 5.91 Å². The van der Waals surface area contributed by atoms with E-state index in [0.29, 0.717) is 11.6 Å². The van der Waals surface area contributed by atoms with Crippen LogP contribution in [0.25, 0.3) is 0 Å². The van der Waals surface area contributed by atoms with Gasteiger partial charge in [-0.25, -0.2) is 0 Å². The molecule has 0 aliphatic heterocycles. The first-order valence-electron chi connectivity index (χ1n) is 5.06. The molecule has 1 aliphatic rings. The van der Waals surface area contributed by atoms with Gasteiger partial charge in [-0.15, -0.1) is 0 Å². The number of hydrogen-bond donors (Lipinski definition) is 3. The van der Waals surface area contributed by atoms with E-state index in [0.717, 1.165) is 12.8 Å². The Hall–Kier alpha value is -1.71. The Kier molecular flexibility index (Phi) is 2.49. The summed E-state index contributed by atoms with van der Waals surface area (Å²) in [6.07, 6.45) is 3.29. The summed E-state index contributed by atoms with van der Waals surface area (Å²) in [5, 5.41) is 12.1. The van der Waals surface area contributed by atoms with Crippen molar-refractivity contribution in [3.63, 3.8) is 0 Å². The molecule has 80 valence electrons. The minimum atomic E-state index is -0.119. The molecule has 0 spiro atoms.